The second-order valence-electron chi connectivity index (χ2n) is 4.89. The number of hydrogen-bond acceptors (Lipinski definition) is 4. The van der Waals surface area contributed by atoms with Gasteiger partial charge in [0.25, 0.3) is 10.0 Å². The Bertz CT molecular complexity index is 486. The number of nitrogens with one attached hydrogen (secondary N) is 2. The first kappa shape index (κ1) is 15.9. The topological polar surface area (TPSA) is 71.1 Å². The van der Waals surface area contributed by atoms with E-state index in [1.807, 2.05) is 0 Å². The van der Waals surface area contributed by atoms with Crippen molar-refractivity contribution in [2.24, 2.45) is 5.92 Å². The number of unbranched alkanes of at least 4 members (excludes halogenated alkanes) is 1. The van der Waals surface area contributed by atoms with Crippen molar-refractivity contribution in [2.75, 3.05) is 18.9 Å². The van der Waals surface area contributed by atoms with Crippen molar-refractivity contribution < 1.29 is 8.42 Å². The molecule has 6 heteroatoms. The van der Waals surface area contributed by atoms with Crippen molar-refractivity contribution in [1.29, 1.82) is 0 Å². The fourth-order valence-corrected chi connectivity index (χ4v) is 2.96. The molecule has 19 heavy (non-hydrogen) atoms. The summed E-state index contributed by atoms with van der Waals surface area (Å²) in [6.45, 7) is 4.78. The summed E-state index contributed by atoms with van der Waals surface area (Å²) in [6, 6.07) is 3.40. The Labute approximate surface area is 115 Å². The van der Waals surface area contributed by atoms with Gasteiger partial charge in [0.05, 0.1) is 5.69 Å². The summed E-state index contributed by atoms with van der Waals surface area (Å²) in [6.07, 6.45) is 4.47. The van der Waals surface area contributed by atoms with Gasteiger partial charge in [-0.15, -0.1) is 0 Å². The molecule has 1 aromatic rings. The van der Waals surface area contributed by atoms with Gasteiger partial charge in [0.2, 0.25) is 0 Å². The van der Waals surface area contributed by atoms with Crippen LogP contribution in [0.4, 0.5) is 5.69 Å². The van der Waals surface area contributed by atoms with E-state index < -0.39 is 10.0 Å². The summed E-state index contributed by atoms with van der Waals surface area (Å²) < 4.78 is 26.8. The maximum atomic E-state index is 12.1. The molecule has 0 saturated heterocycles. The molecule has 0 atom stereocenters. The Morgan fingerprint density at radius 2 is 2.05 bits per heavy atom. The monoisotopic (exact) mass is 285 g/mol. The Hall–Kier alpha value is -1.14. The van der Waals surface area contributed by atoms with E-state index in [9.17, 15) is 8.42 Å². The molecule has 0 aliphatic heterocycles. The molecule has 0 aliphatic carbocycles. The first-order valence-corrected chi connectivity index (χ1v) is 8.08. The Balaban J connectivity index is 2.56. The summed E-state index contributed by atoms with van der Waals surface area (Å²) in [5, 5.41) is 2.89. The highest BCUT2D eigenvalue weighted by atomic mass is 32.2. The van der Waals surface area contributed by atoms with Crippen molar-refractivity contribution >= 4 is 15.7 Å². The van der Waals surface area contributed by atoms with Crippen molar-refractivity contribution in [3.8, 4) is 0 Å². The third-order valence-corrected chi connectivity index (χ3v) is 4.21. The van der Waals surface area contributed by atoms with Crippen LogP contribution in [0.2, 0.25) is 0 Å². The molecule has 0 spiro atoms. The number of hydrogen-bond donors (Lipinski definition) is 2. The molecule has 1 aromatic heterocycles. The zero-order valence-corrected chi connectivity index (χ0v) is 12.6. The number of sulfonamides is 1. The van der Waals surface area contributed by atoms with Crippen molar-refractivity contribution in [3.05, 3.63) is 18.3 Å². The summed E-state index contributed by atoms with van der Waals surface area (Å²) in [5.41, 5.74) is 0.511. The molecule has 0 bridgehead atoms. The number of aromatic nitrogens is 1. The molecule has 0 fully saturated rings. The van der Waals surface area contributed by atoms with E-state index in [0.29, 0.717) is 18.2 Å². The van der Waals surface area contributed by atoms with Gasteiger partial charge in [0.1, 0.15) is 0 Å². The number of pyridine rings is 1. The molecule has 0 saturated carbocycles. The van der Waals surface area contributed by atoms with Gasteiger partial charge in [0, 0.05) is 19.8 Å². The average Bonchev–Trinajstić information content (AvgIpc) is 2.37. The van der Waals surface area contributed by atoms with Crippen LogP contribution < -0.4 is 10.0 Å². The van der Waals surface area contributed by atoms with Gasteiger partial charge < -0.3 is 5.32 Å². The first-order valence-electron chi connectivity index (χ1n) is 6.60. The average molecular weight is 285 g/mol. The third kappa shape index (κ3) is 5.16. The van der Waals surface area contributed by atoms with Gasteiger partial charge in [-0.3, -0.25) is 0 Å². The molecule has 0 amide bonds. The molecule has 0 unspecified atom stereocenters. The number of nitrogens with zero attached hydrogens (tertiary/aromatic N) is 1. The molecule has 0 radical (unpaired) electrons. The standard InChI is InChI=1S/C13H23N3O2S/c1-11(2)7-4-5-10-16-19(17,18)13-12(14-3)8-6-9-15-13/h6,8-9,11,14,16H,4-5,7,10H2,1-3H3. The zero-order valence-electron chi connectivity index (χ0n) is 11.8. The molecule has 1 heterocycles. The SMILES string of the molecule is CNc1cccnc1S(=O)(=O)NCCCCC(C)C. The van der Waals surface area contributed by atoms with Crippen LogP contribution in [0.3, 0.4) is 0 Å². The summed E-state index contributed by atoms with van der Waals surface area (Å²) >= 11 is 0. The smallest absolute Gasteiger partial charge is 0.260 e. The van der Waals surface area contributed by atoms with Crippen LogP contribution in [0.5, 0.6) is 0 Å². The van der Waals surface area contributed by atoms with Gasteiger partial charge in [-0.2, -0.15) is 0 Å². The maximum absolute atomic E-state index is 12.1. The molecule has 0 aliphatic rings. The number of anilines is 1. The van der Waals surface area contributed by atoms with Crippen LogP contribution in [0.25, 0.3) is 0 Å². The fraction of sp³-hybridized carbons (Fsp3) is 0.615. The highest BCUT2D eigenvalue weighted by Gasteiger charge is 2.18. The Morgan fingerprint density at radius 3 is 2.68 bits per heavy atom. The largest absolute Gasteiger partial charge is 0.386 e. The highest BCUT2D eigenvalue weighted by Crippen LogP contribution is 2.16. The highest BCUT2D eigenvalue weighted by molar-refractivity contribution is 7.89. The van der Waals surface area contributed by atoms with Crippen molar-refractivity contribution in [2.45, 2.75) is 38.1 Å². The lowest BCUT2D eigenvalue weighted by atomic mass is 10.1. The van der Waals surface area contributed by atoms with E-state index in [1.54, 1.807) is 19.2 Å². The predicted octanol–water partition coefficient (Wildman–Crippen LogP) is 2.23. The minimum atomic E-state index is -3.53. The first-order chi connectivity index (χ1) is 8.97. The van der Waals surface area contributed by atoms with E-state index in [0.717, 1.165) is 19.3 Å². The second kappa shape index (κ2) is 7.45. The summed E-state index contributed by atoms with van der Waals surface area (Å²) in [5.74, 6) is 0.656. The lowest BCUT2D eigenvalue weighted by molar-refractivity contribution is 0.530. The van der Waals surface area contributed by atoms with Gasteiger partial charge in [0.15, 0.2) is 5.03 Å². The molecule has 5 nitrogen and oxygen atoms in total. The van der Waals surface area contributed by atoms with Crippen LogP contribution in [-0.4, -0.2) is 27.0 Å². The minimum absolute atomic E-state index is 0.0568. The minimum Gasteiger partial charge on any atom is -0.386 e. The fourth-order valence-electron chi connectivity index (χ4n) is 1.75. The summed E-state index contributed by atoms with van der Waals surface area (Å²) in [7, 11) is -1.85. The lowest BCUT2D eigenvalue weighted by Crippen LogP contribution is -2.26. The van der Waals surface area contributed by atoms with Crippen LogP contribution in [0.1, 0.15) is 33.1 Å². The van der Waals surface area contributed by atoms with Crippen LogP contribution in [-0.2, 0) is 10.0 Å². The van der Waals surface area contributed by atoms with E-state index in [-0.39, 0.29) is 5.03 Å². The zero-order chi connectivity index (χ0) is 14.3. The molecule has 1 rings (SSSR count). The van der Waals surface area contributed by atoms with Gasteiger partial charge in [-0.25, -0.2) is 18.1 Å². The molecular formula is C13H23N3O2S. The quantitative estimate of drug-likeness (QED) is 0.719. The Kier molecular flexibility index (Phi) is 6.24. The van der Waals surface area contributed by atoms with Gasteiger partial charge in [-0.05, 0) is 24.5 Å². The summed E-state index contributed by atoms with van der Waals surface area (Å²) in [4.78, 5) is 3.94. The van der Waals surface area contributed by atoms with Crippen molar-refractivity contribution in [1.82, 2.24) is 9.71 Å². The van der Waals surface area contributed by atoms with E-state index in [2.05, 4.69) is 28.9 Å². The van der Waals surface area contributed by atoms with E-state index in [4.69, 9.17) is 0 Å². The van der Waals surface area contributed by atoms with Crippen LogP contribution in [0.15, 0.2) is 23.4 Å². The van der Waals surface area contributed by atoms with Gasteiger partial charge in [-0.1, -0.05) is 26.7 Å². The maximum Gasteiger partial charge on any atom is 0.260 e. The third-order valence-electron chi connectivity index (χ3n) is 2.80. The van der Waals surface area contributed by atoms with Crippen LogP contribution >= 0.6 is 0 Å². The predicted molar refractivity (Wildman–Crippen MR) is 77.7 cm³/mol. The van der Waals surface area contributed by atoms with E-state index >= 15 is 0 Å². The van der Waals surface area contributed by atoms with Gasteiger partial charge >= 0.3 is 0 Å². The molecule has 108 valence electrons. The van der Waals surface area contributed by atoms with E-state index in [1.165, 1.54) is 6.20 Å². The molecule has 2 N–H and O–H groups in total. The molecule has 0 aromatic carbocycles. The normalized spacial score (nSPS) is 11.8. The van der Waals surface area contributed by atoms with Crippen LogP contribution in [0, 0.1) is 5.92 Å². The van der Waals surface area contributed by atoms with Crippen molar-refractivity contribution in [3.63, 3.8) is 0 Å². The molecular weight excluding hydrogens is 262 g/mol. The number of rotatable bonds is 8. The lowest BCUT2D eigenvalue weighted by Gasteiger charge is -2.10. The Morgan fingerprint density at radius 1 is 1.32 bits per heavy atom. The second-order valence-corrected chi connectivity index (χ2v) is 6.58.